The second-order valence-electron chi connectivity index (χ2n) is 1.79. The summed E-state index contributed by atoms with van der Waals surface area (Å²) in [5, 5.41) is -1.20. The predicted octanol–water partition coefficient (Wildman–Crippen LogP) is -0.295. The van der Waals surface area contributed by atoms with Crippen molar-refractivity contribution in [2.75, 3.05) is 0 Å². The maximum atomic E-state index is 10.4. The number of Topliss-reactive ketones (excluding diaryl/α,β-unsaturated/α-hetero) is 3. The minimum atomic E-state index is -1.20. The van der Waals surface area contributed by atoms with Crippen molar-refractivity contribution in [1.29, 1.82) is 0 Å². The van der Waals surface area contributed by atoms with Gasteiger partial charge in [-0.05, 0) is 0 Å². The fourth-order valence-corrected chi connectivity index (χ4v) is 0.821. The van der Waals surface area contributed by atoms with E-state index in [1.807, 2.05) is 0 Å². The first-order valence-electron chi connectivity index (χ1n) is 2.37. The quantitative estimate of drug-likeness (QED) is 0.268. The Morgan fingerprint density at radius 3 is 2.00 bits per heavy atom. The zero-order valence-electron chi connectivity index (χ0n) is 4.39. The molecule has 1 aliphatic carbocycles. The highest BCUT2D eigenvalue weighted by molar-refractivity contribution is 6.62. The molecule has 0 amide bonds. The van der Waals surface area contributed by atoms with E-state index in [0.29, 0.717) is 0 Å². The molecular weight excluding hydrogens is 144 g/mol. The van der Waals surface area contributed by atoms with Crippen molar-refractivity contribution >= 4 is 29.0 Å². The van der Waals surface area contributed by atoms with Crippen LogP contribution in [0.1, 0.15) is 6.42 Å². The van der Waals surface area contributed by atoms with Gasteiger partial charge in [0.25, 0.3) is 0 Å². The molecule has 1 fully saturated rings. The molecule has 0 N–H and O–H groups in total. The summed E-state index contributed by atoms with van der Waals surface area (Å²) >= 11 is 5.19. The smallest absolute Gasteiger partial charge is 0.224 e. The van der Waals surface area contributed by atoms with Crippen molar-refractivity contribution in [3.8, 4) is 0 Å². The molecule has 1 unspecified atom stereocenters. The van der Waals surface area contributed by atoms with Crippen molar-refractivity contribution in [3.05, 3.63) is 0 Å². The number of ketones is 3. The van der Waals surface area contributed by atoms with Crippen LogP contribution < -0.4 is 0 Å². The van der Waals surface area contributed by atoms with Crippen LogP contribution in [0.15, 0.2) is 0 Å². The molecule has 3 nitrogen and oxygen atoms in total. The lowest BCUT2D eigenvalue weighted by Gasteiger charge is -1.86. The largest absolute Gasteiger partial charge is 0.297 e. The summed E-state index contributed by atoms with van der Waals surface area (Å²) in [5.74, 6) is -1.91. The van der Waals surface area contributed by atoms with E-state index in [-0.39, 0.29) is 6.42 Å². The first-order valence-corrected chi connectivity index (χ1v) is 2.80. The molecule has 48 valence electrons. The third kappa shape index (κ3) is 0.876. The van der Waals surface area contributed by atoms with Crippen LogP contribution in [0.25, 0.3) is 0 Å². The van der Waals surface area contributed by atoms with Gasteiger partial charge >= 0.3 is 0 Å². The molecule has 9 heavy (non-hydrogen) atoms. The minimum Gasteiger partial charge on any atom is -0.297 e. The van der Waals surface area contributed by atoms with Crippen molar-refractivity contribution in [3.63, 3.8) is 0 Å². The first kappa shape index (κ1) is 6.42. The lowest BCUT2D eigenvalue weighted by atomic mass is 10.3. The van der Waals surface area contributed by atoms with Gasteiger partial charge in [0.15, 0.2) is 11.2 Å². The molecule has 0 heterocycles. The minimum absolute atomic E-state index is 0.313. The number of hydrogen-bond acceptors (Lipinski definition) is 3. The highest BCUT2D eigenvalue weighted by Gasteiger charge is 2.38. The van der Waals surface area contributed by atoms with Gasteiger partial charge in [-0.3, -0.25) is 14.4 Å². The Hall–Kier alpha value is -0.700. The number of carbonyl (C=O) groups is 3. The predicted molar refractivity (Wildman–Crippen MR) is 29.3 cm³/mol. The van der Waals surface area contributed by atoms with Crippen LogP contribution in [0.2, 0.25) is 0 Å². The van der Waals surface area contributed by atoms with Gasteiger partial charge in [0.2, 0.25) is 11.6 Å². The van der Waals surface area contributed by atoms with Gasteiger partial charge in [-0.1, -0.05) is 0 Å². The van der Waals surface area contributed by atoms with Gasteiger partial charge in [-0.2, -0.15) is 0 Å². The SMILES string of the molecule is O=C1CC(=O)C(Cl)C1=O. The van der Waals surface area contributed by atoms with Crippen LogP contribution in [0, 0.1) is 0 Å². The fraction of sp³-hybridized carbons (Fsp3) is 0.400. The molecule has 1 saturated carbocycles. The van der Waals surface area contributed by atoms with Crippen LogP contribution in [-0.2, 0) is 14.4 Å². The van der Waals surface area contributed by atoms with Crippen LogP contribution >= 0.6 is 11.6 Å². The fourth-order valence-electron chi connectivity index (χ4n) is 0.623. The van der Waals surface area contributed by atoms with Crippen LogP contribution in [0.3, 0.4) is 0 Å². The van der Waals surface area contributed by atoms with Crippen LogP contribution in [0.4, 0.5) is 0 Å². The second kappa shape index (κ2) is 1.92. The van der Waals surface area contributed by atoms with Crippen molar-refractivity contribution in [2.24, 2.45) is 0 Å². The first-order chi connectivity index (χ1) is 4.13. The van der Waals surface area contributed by atoms with Crippen LogP contribution in [0.5, 0.6) is 0 Å². The van der Waals surface area contributed by atoms with Gasteiger partial charge < -0.3 is 0 Å². The maximum absolute atomic E-state index is 10.4. The molecule has 0 spiro atoms. The molecule has 4 heteroatoms. The van der Waals surface area contributed by atoms with E-state index in [1.54, 1.807) is 0 Å². The molecular formula is C5H3ClO3. The Morgan fingerprint density at radius 1 is 1.33 bits per heavy atom. The Bertz CT molecular complexity index is 196. The molecule has 0 aromatic rings. The van der Waals surface area contributed by atoms with E-state index < -0.39 is 22.7 Å². The maximum Gasteiger partial charge on any atom is 0.224 e. The number of rotatable bonds is 0. The Balaban J connectivity index is 2.90. The zero-order chi connectivity index (χ0) is 7.02. The summed E-state index contributed by atoms with van der Waals surface area (Å²) in [7, 11) is 0. The van der Waals surface area contributed by atoms with Crippen molar-refractivity contribution in [1.82, 2.24) is 0 Å². The highest BCUT2D eigenvalue weighted by atomic mass is 35.5. The van der Waals surface area contributed by atoms with E-state index in [9.17, 15) is 14.4 Å². The number of carbonyl (C=O) groups excluding carboxylic acids is 3. The standard InChI is InChI=1S/C5H3ClO3/c6-4-2(7)1-3(8)5(4)9/h4H,1H2. The van der Waals surface area contributed by atoms with E-state index in [4.69, 9.17) is 11.6 Å². The molecule has 0 radical (unpaired) electrons. The summed E-state index contributed by atoms with van der Waals surface area (Å²) in [4.78, 5) is 31.2. The Kier molecular flexibility index (Phi) is 1.37. The van der Waals surface area contributed by atoms with Gasteiger partial charge in [0.05, 0.1) is 6.42 Å². The zero-order valence-corrected chi connectivity index (χ0v) is 5.14. The monoisotopic (exact) mass is 146 g/mol. The van der Waals surface area contributed by atoms with Crippen molar-refractivity contribution in [2.45, 2.75) is 11.8 Å². The summed E-state index contributed by atoms with van der Waals surface area (Å²) in [6.07, 6.45) is -0.313. The molecule has 1 aliphatic rings. The lowest BCUT2D eigenvalue weighted by molar-refractivity contribution is -0.133. The lowest BCUT2D eigenvalue weighted by Crippen LogP contribution is -2.16. The molecule has 0 aliphatic heterocycles. The van der Waals surface area contributed by atoms with Gasteiger partial charge in [0.1, 0.15) is 0 Å². The van der Waals surface area contributed by atoms with E-state index in [1.165, 1.54) is 0 Å². The number of hydrogen-bond donors (Lipinski definition) is 0. The third-order valence-corrected chi connectivity index (χ3v) is 1.56. The summed E-state index contributed by atoms with van der Waals surface area (Å²) in [6, 6.07) is 0. The van der Waals surface area contributed by atoms with Crippen molar-refractivity contribution < 1.29 is 14.4 Å². The van der Waals surface area contributed by atoms with Crippen LogP contribution in [-0.4, -0.2) is 22.7 Å². The molecule has 0 saturated heterocycles. The normalized spacial score (nSPS) is 27.7. The Morgan fingerprint density at radius 2 is 1.89 bits per heavy atom. The number of halogens is 1. The molecule has 0 aromatic carbocycles. The third-order valence-electron chi connectivity index (χ3n) is 1.12. The molecule has 0 aromatic heterocycles. The summed E-state index contributed by atoms with van der Waals surface area (Å²) in [5.41, 5.74) is 0. The molecule has 1 atom stereocenters. The topological polar surface area (TPSA) is 51.2 Å². The summed E-state index contributed by atoms with van der Waals surface area (Å²) in [6.45, 7) is 0. The van der Waals surface area contributed by atoms with Gasteiger partial charge in [-0.15, -0.1) is 11.6 Å². The molecule has 0 bridgehead atoms. The average molecular weight is 147 g/mol. The average Bonchev–Trinajstić information content (AvgIpc) is 1.98. The molecule has 1 rings (SSSR count). The van der Waals surface area contributed by atoms with E-state index in [0.717, 1.165) is 0 Å². The van der Waals surface area contributed by atoms with E-state index in [2.05, 4.69) is 0 Å². The van der Waals surface area contributed by atoms with Gasteiger partial charge in [-0.25, -0.2) is 0 Å². The summed E-state index contributed by atoms with van der Waals surface area (Å²) < 4.78 is 0. The highest BCUT2D eigenvalue weighted by Crippen LogP contribution is 2.12. The van der Waals surface area contributed by atoms with Gasteiger partial charge in [0, 0.05) is 0 Å². The Labute approximate surface area is 56.0 Å². The second-order valence-corrected chi connectivity index (χ2v) is 2.23. The van der Waals surface area contributed by atoms with E-state index >= 15 is 0 Å². The number of alkyl halides is 1.